The van der Waals surface area contributed by atoms with Crippen molar-refractivity contribution in [1.82, 2.24) is 5.32 Å². The topological polar surface area (TPSA) is 50.8 Å². The van der Waals surface area contributed by atoms with E-state index in [4.69, 9.17) is 9.47 Å². The number of carbonyl (C=O) groups is 1. The molecule has 144 valence electrons. The van der Waals surface area contributed by atoms with Crippen LogP contribution < -0.4 is 19.7 Å². The number of hydrogen-bond donors (Lipinski definition) is 1. The zero-order valence-corrected chi connectivity index (χ0v) is 17.5. The van der Waals surface area contributed by atoms with E-state index in [2.05, 4.69) is 38.3 Å². The van der Waals surface area contributed by atoms with E-state index in [-0.39, 0.29) is 5.91 Å². The van der Waals surface area contributed by atoms with Crippen molar-refractivity contribution in [3.05, 3.63) is 52.0 Å². The first-order chi connectivity index (χ1) is 13.0. The Bertz CT molecular complexity index is 800. The lowest BCUT2D eigenvalue weighted by molar-refractivity contribution is 0.0947. The second kappa shape index (κ2) is 8.65. The number of benzene rings is 2. The Hall–Kier alpha value is -2.21. The molecule has 2 aromatic rings. The maximum atomic E-state index is 12.6. The third-order valence-electron chi connectivity index (χ3n) is 5.02. The van der Waals surface area contributed by atoms with Gasteiger partial charge in [0.1, 0.15) is 11.5 Å². The number of ether oxygens (including phenoxy) is 2. The highest BCUT2D eigenvalue weighted by Gasteiger charge is 2.23. The molecule has 0 spiro atoms. The van der Waals surface area contributed by atoms with Crippen LogP contribution in [0.15, 0.2) is 40.9 Å². The van der Waals surface area contributed by atoms with Gasteiger partial charge in [0.2, 0.25) is 0 Å². The van der Waals surface area contributed by atoms with Gasteiger partial charge in [0, 0.05) is 40.9 Å². The summed E-state index contributed by atoms with van der Waals surface area (Å²) in [7, 11) is 3.19. The van der Waals surface area contributed by atoms with Crippen LogP contribution in [0.3, 0.4) is 0 Å². The number of hydrogen-bond acceptors (Lipinski definition) is 4. The summed E-state index contributed by atoms with van der Waals surface area (Å²) >= 11 is 3.52. The van der Waals surface area contributed by atoms with Gasteiger partial charge in [-0.25, -0.2) is 0 Å². The second-order valence-electron chi connectivity index (χ2n) is 6.80. The van der Waals surface area contributed by atoms with Crippen LogP contribution in [0.25, 0.3) is 0 Å². The van der Waals surface area contributed by atoms with Crippen LogP contribution in [-0.2, 0) is 0 Å². The molecule has 1 unspecified atom stereocenters. The molecule has 0 saturated carbocycles. The molecule has 5 nitrogen and oxygen atoms in total. The highest BCUT2D eigenvalue weighted by molar-refractivity contribution is 9.10. The van der Waals surface area contributed by atoms with Crippen molar-refractivity contribution in [2.75, 3.05) is 38.8 Å². The normalized spacial score (nSPS) is 16.3. The Balaban J connectivity index is 1.60. The van der Waals surface area contributed by atoms with Crippen molar-refractivity contribution >= 4 is 27.5 Å². The quantitative estimate of drug-likeness (QED) is 0.748. The van der Waals surface area contributed by atoms with Gasteiger partial charge in [-0.2, -0.15) is 0 Å². The van der Waals surface area contributed by atoms with Crippen LogP contribution in [0, 0.1) is 12.8 Å². The molecule has 1 heterocycles. The number of anilines is 1. The SMILES string of the molecule is COc1cc(C(=O)NCC2CCN(c3cccc(Br)c3)C2)cc(OC)c1C. The molecule has 2 aromatic carbocycles. The molecule has 1 aliphatic rings. The van der Waals surface area contributed by atoms with Crippen LogP contribution in [0.4, 0.5) is 5.69 Å². The average Bonchev–Trinajstić information content (AvgIpc) is 3.15. The fourth-order valence-electron chi connectivity index (χ4n) is 3.46. The lowest BCUT2D eigenvalue weighted by Gasteiger charge is -2.19. The molecule has 0 aliphatic carbocycles. The zero-order chi connectivity index (χ0) is 19.4. The first-order valence-corrected chi connectivity index (χ1v) is 9.82. The number of nitrogens with zero attached hydrogens (tertiary/aromatic N) is 1. The van der Waals surface area contributed by atoms with E-state index in [0.29, 0.717) is 29.5 Å². The number of halogens is 1. The molecule has 1 fully saturated rings. The molecule has 1 N–H and O–H groups in total. The summed E-state index contributed by atoms with van der Waals surface area (Å²) in [5.74, 6) is 1.64. The number of methoxy groups -OCH3 is 2. The van der Waals surface area contributed by atoms with Gasteiger partial charge >= 0.3 is 0 Å². The Kier molecular flexibility index (Phi) is 6.26. The van der Waals surface area contributed by atoms with Crippen LogP contribution in [0.2, 0.25) is 0 Å². The highest BCUT2D eigenvalue weighted by Crippen LogP contribution is 2.30. The smallest absolute Gasteiger partial charge is 0.251 e. The van der Waals surface area contributed by atoms with Crippen molar-refractivity contribution in [1.29, 1.82) is 0 Å². The molecule has 6 heteroatoms. The zero-order valence-electron chi connectivity index (χ0n) is 15.9. The molecule has 27 heavy (non-hydrogen) atoms. The van der Waals surface area contributed by atoms with Gasteiger partial charge in [-0.3, -0.25) is 4.79 Å². The van der Waals surface area contributed by atoms with E-state index in [1.165, 1.54) is 5.69 Å². The molecule has 0 aromatic heterocycles. The van der Waals surface area contributed by atoms with E-state index in [0.717, 1.165) is 29.5 Å². The minimum atomic E-state index is -0.104. The lowest BCUT2D eigenvalue weighted by Crippen LogP contribution is -2.31. The summed E-state index contributed by atoms with van der Waals surface area (Å²) < 4.78 is 11.8. The van der Waals surface area contributed by atoms with Gasteiger partial charge in [0.05, 0.1) is 14.2 Å². The summed E-state index contributed by atoms with van der Waals surface area (Å²) in [5.41, 5.74) is 2.65. The van der Waals surface area contributed by atoms with Crippen LogP contribution in [-0.4, -0.2) is 39.8 Å². The van der Waals surface area contributed by atoms with Crippen molar-refractivity contribution in [2.45, 2.75) is 13.3 Å². The highest BCUT2D eigenvalue weighted by atomic mass is 79.9. The number of nitrogens with one attached hydrogen (secondary N) is 1. The molecular formula is C21H25BrN2O3. The Morgan fingerprint density at radius 1 is 1.22 bits per heavy atom. The van der Waals surface area contributed by atoms with Crippen molar-refractivity contribution in [2.24, 2.45) is 5.92 Å². The largest absolute Gasteiger partial charge is 0.496 e. The van der Waals surface area contributed by atoms with Gasteiger partial charge in [-0.05, 0) is 49.6 Å². The van der Waals surface area contributed by atoms with Crippen LogP contribution in [0.5, 0.6) is 11.5 Å². The molecule has 1 saturated heterocycles. The molecule has 0 bridgehead atoms. The fraction of sp³-hybridized carbons (Fsp3) is 0.381. The van der Waals surface area contributed by atoms with Crippen molar-refractivity contribution < 1.29 is 14.3 Å². The van der Waals surface area contributed by atoms with Gasteiger partial charge in [0.25, 0.3) is 5.91 Å². The second-order valence-corrected chi connectivity index (χ2v) is 7.71. The maximum absolute atomic E-state index is 12.6. The minimum Gasteiger partial charge on any atom is -0.496 e. The van der Waals surface area contributed by atoms with Crippen LogP contribution in [0.1, 0.15) is 22.3 Å². The van der Waals surface area contributed by atoms with Crippen LogP contribution >= 0.6 is 15.9 Å². The van der Waals surface area contributed by atoms with E-state index in [1.54, 1.807) is 26.4 Å². The molecular weight excluding hydrogens is 408 g/mol. The lowest BCUT2D eigenvalue weighted by atomic mass is 10.1. The number of carbonyl (C=O) groups excluding carboxylic acids is 1. The van der Waals surface area contributed by atoms with E-state index in [1.807, 2.05) is 19.1 Å². The number of amides is 1. The van der Waals surface area contributed by atoms with Crippen molar-refractivity contribution in [3.8, 4) is 11.5 Å². The average molecular weight is 433 g/mol. The fourth-order valence-corrected chi connectivity index (χ4v) is 3.85. The van der Waals surface area contributed by atoms with Crippen molar-refractivity contribution in [3.63, 3.8) is 0 Å². The molecule has 1 aliphatic heterocycles. The summed E-state index contributed by atoms with van der Waals surface area (Å²) in [6, 6.07) is 11.8. The maximum Gasteiger partial charge on any atom is 0.251 e. The summed E-state index contributed by atoms with van der Waals surface area (Å²) in [4.78, 5) is 15.0. The summed E-state index contributed by atoms with van der Waals surface area (Å²) in [6.07, 6.45) is 1.06. The predicted octanol–water partition coefficient (Wildman–Crippen LogP) is 4.03. The third-order valence-corrected chi connectivity index (χ3v) is 5.52. The first-order valence-electron chi connectivity index (χ1n) is 9.03. The third kappa shape index (κ3) is 4.56. The monoisotopic (exact) mass is 432 g/mol. The van der Waals surface area contributed by atoms with E-state index < -0.39 is 0 Å². The summed E-state index contributed by atoms with van der Waals surface area (Å²) in [6.45, 7) is 4.51. The Morgan fingerprint density at radius 2 is 1.93 bits per heavy atom. The summed E-state index contributed by atoms with van der Waals surface area (Å²) in [5, 5.41) is 3.06. The first kappa shape index (κ1) is 19.5. The molecule has 3 rings (SSSR count). The van der Waals surface area contributed by atoms with E-state index >= 15 is 0 Å². The predicted molar refractivity (Wildman–Crippen MR) is 111 cm³/mol. The molecule has 0 radical (unpaired) electrons. The minimum absolute atomic E-state index is 0.104. The van der Waals surface area contributed by atoms with Gasteiger partial charge in [0.15, 0.2) is 0 Å². The standard InChI is InChI=1S/C21H25BrN2O3/c1-14-19(26-2)9-16(10-20(14)27-3)21(25)23-12-15-7-8-24(13-15)18-6-4-5-17(22)11-18/h4-6,9-11,15H,7-8,12-13H2,1-3H3,(H,23,25). The Morgan fingerprint density at radius 3 is 2.56 bits per heavy atom. The molecule has 1 atom stereocenters. The molecule has 1 amide bonds. The number of rotatable bonds is 6. The van der Waals surface area contributed by atoms with E-state index in [9.17, 15) is 4.79 Å². The van der Waals surface area contributed by atoms with Gasteiger partial charge in [-0.1, -0.05) is 22.0 Å². The van der Waals surface area contributed by atoms with Gasteiger partial charge in [-0.15, -0.1) is 0 Å². The van der Waals surface area contributed by atoms with Gasteiger partial charge < -0.3 is 19.7 Å². The Labute approximate surface area is 168 Å².